The molecule has 19 heavy (non-hydrogen) atoms. The van der Waals surface area contributed by atoms with Gasteiger partial charge in [0.25, 0.3) is 0 Å². The van der Waals surface area contributed by atoms with Gasteiger partial charge in [-0.1, -0.05) is 41.5 Å². The molecular formula is C13H30BF4N. The third-order valence-corrected chi connectivity index (χ3v) is 2.42. The molecule has 0 rings (SSSR count). The van der Waals surface area contributed by atoms with Gasteiger partial charge in [-0.15, -0.1) is 0 Å². The first-order valence-electron chi connectivity index (χ1n) is 6.96. The summed E-state index contributed by atoms with van der Waals surface area (Å²) in [7, 11) is -3.58. The molecular weight excluding hydrogens is 257 g/mol. The first-order chi connectivity index (χ1) is 8.25. The van der Waals surface area contributed by atoms with Crippen LogP contribution in [0.3, 0.4) is 0 Å². The molecule has 0 aliphatic heterocycles. The number of halogens is 4. The fourth-order valence-corrected chi connectivity index (χ4v) is 2.87. The Kier molecular flexibility index (Phi) is 9.78. The lowest BCUT2D eigenvalue weighted by Crippen LogP contribution is -2.50. The largest absolute Gasteiger partial charge is 0.673 e. The van der Waals surface area contributed by atoms with Crippen LogP contribution in [0.4, 0.5) is 17.3 Å². The van der Waals surface area contributed by atoms with Gasteiger partial charge in [-0.2, -0.15) is 0 Å². The third kappa shape index (κ3) is 20.2. The van der Waals surface area contributed by atoms with Gasteiger partial charge in [-0.05, 0) is 0 Å². The van der Waals surface area contributed by atoms with Crippen LogP contribution in [-0.4, -0.2) is 38.4 Å². The molecule has 0 saturated carbocycles. The van der Waals surface area contributed by atoms with Gasteiger partial charge < -0.3 is 21.7 Å². The molecule has 0 bridgehead atoms. The summed E-state index contributed by atoms with van der Waals surface area (Å²) >= 11 is 0. The number of quaternary nitrogens is 1. The third-order valence-electron chi connectivity index (χ3n) is 2.42. The summed E-state index contributed by atoms with van der Waals surface area (Å²) in [4.78, 5) is 0. The fraction of sp³-hybridized carbons (Fsp3) is 1.00. The Morgan fingerprint density at radius 1 is 0.684 bits per heavy atom. The number of hydrogen-bond acceptors (Lipinski definition) is 0. The summed E-state index contributed by atoms with van der Waals surface area (Å²) in [5, 5.41) is 0. The van der Waals surface area contributed by atoms with Crippen LogP contribution in [0.25, 0.3) is 0 Å². The van der Waals surface area contributed by atoms with Crippen molar-refractivity contribution in [3.8, 4) is 0 Å². The van der Waals surface area contributed by atoms with E-state index in [2.05, 4.69) is 48.6 Å². The molecule has 0 atom stereocenters. The fourth-order valence-electron chi connectivity index (χ4n) is 2.87. The van der Waals surface area contributed by atoms with Crippen LogP contribution in [0.15, 0.2) is 0 Å². The average Bonchev–Trinajstić information content (AvgIpc) is 1.91. The highest BCUT2D eigenvalue weighted by atomic mass is 19.5. The zero-order valence-corrected chi connectivity index (χ0v) is 13.4. The van der Waals surface area contributed by atoms with E-state index in [0.717, 1.165) is 17.8 Å². The molecule has 0 saturated heterocycles. The molecule has 118 valence electrons. The highest BCUT2D eigenvalue weighted by molar-refractivity contribution is 6.50. The first kappa shape index (κ1) is 21.1. The van der Waals surface area contributed by atoms with E-state index in [1.54, 1.807) is 0 Å². The van der Waals surface area contributed by atoms with Gasteiger partial charge in [-0.3, -0.25) is 0 Å². The zero-order chi connectivity index (χ0) is 15.9. The van der Waals surface area contributed by atoms with Gasteiger partial charge in [0.05, 0.1) is 26.7 Å². The predicted octanol–water partition coefficient (Wildman–Crippen LogP) is 4.70. The van der Waals surface area contributed by atoms with Gasteiger partial charge in [0.15, 0.2) is 0 Å². The van der Waals surface area contributed by atoms with E-state index in [9.17, 15) is 17.3 Å². The highest BCUT2D eigenvalue weighted by Crippen LogP contribution is 2.15. The topological polar surface area (TPSA) is 0 Å². The molecule has 0 aromatic carbocycles. The van der Waals surface area contributed by atoms with Crippen molar-refractivity contribution < 1.29 is 21.7 Å². The lowest BCUT2D eigenvalue weighted by atomic mass is 10.1. The van der Waals surface area contributed by atoms with Crippen molar-refractivity contribution in [3.63, 3.8) is 0 Å². The van der Waals surface area contributed by atoms with Gasteiger partial charge in [0.2, 0.25) is 0 Å². The normalized spacial score (nSPS) is 12.9. The van der Waals surface area contributed by atoms with Crippen LogP contribution in [0.5, 0.6) is 0 Å². The molecule has 1 nitrogen and oxygen atoms in total. The Morgan fingerprint density at radius 2 is 0.842 bits per heavy atom. The van der Waals surface area contributed by atoms with E-state index in [-0.39, 0.29) is 0 Å². The maximum atomic E-state index is 9.75. The monoisotopic (exact) mass is 287 g/mol. The van der Waals surface area contributed by atoms with Crippen LogP contribution in [-0.2, 0) is 0 Å². The molecule has 0 heterocycles. The molecule has 0 aromatic heterocycles. The molecule has 0 unspecified atom stereocenters. The van der Waals surface area contributed by atoms with Crippen molar-refractivity contribution >= 4 is 7.25 Å². The minimum absolute atomic E-state index is 0.803. The van der Waals surface area contributed by atoms with Crippen LogP contribution in [0.2, 0.25) is 0 Å². The van der Waals surface area contributed by atoms with E-state index in [0.29, 0.717) is 0 Å². The lowest BCUT2D eigenvalue weighted by Gasteiger charge is -2.39. The minimum Gasteiger partial charge on any atom is -0.418 e. The Bertz CT molecular complexity index is 195. The highest BCUT2D eigenvalue weighted by Gasteiger charge is 2.25. The SMILES string of the molecule is CC(C)C[N+](C)(CC(C)C)CC(C)C.F[B-](F)(F)F. The predicted molar refractivity (Wildman–Crippen MR) is 75.5 cm³/mol. The van der Waals surface area contributed by atoms with Gasteiger partial charge in [0, 0.05) is 17.8 Å². The van der Waals surface area contributed by atoms with Gasteiger partial charge in [0.1, 0.15) is 0 Å². The van der Waals surface area contributed by atoms with Crippen molar-refractivity contribution in [2.75, 3.05) is 26.7 Å². The summed E-state index contributed by atoms with van der Waals surface area (Å²) in [5.74, 6) is 2.41. The summed E-state index contributed by atoms with van der Waals surface area (Å²) in [5.41, 5.74) is 0. The minimum atomic E-state index is -6.00. The Balaban J connectivity index is 0. The van der Waals surface area contributed by atoms with E-state index in [1.165, 1.54) is 24.1 Å². The van der Waals surface area contributed by atoms with E-state index in [4.69, 9.17) is 0 Å². The van der Waals surface area contributed by atoms with Crippen molar-refractivity contribution in [1.82, 2.24) is 0 Å². The molecule has 0 aromatic rings. The molecule has 0 spiro atoms. The van der Waals surface area contributed by atoms with Crippen molar-refractivity contribution in [3.05, 3.63) is 0 Å². The second-order valence-electron chi connectivity index (χ2n) is 6.84. The Morgan fingerprint density at radius 3 is 0.947 bits per heavy atom. The quantitative estimate of drug-likeness (QED) is 0.377. The van der Waals surface area contributed by atoms with Crippen molar-refractivity contribution in [2.45, 2.75) is 41.5 Å². The van der Waals surface area contributed by atoms with Gasteiger partial charge >= 0.3 is 7.25 Å². The number of hydrogen-bond donors (Lipinski definition) is 0. The van der Waals surface area contributed by atoms with E-state index in [1.807, 2.05) is 0 Å². The second-order valence-corrected chi connectivity index (χ2v) is 6.84. The van der Waals surface area contributed by atoms with Gasteiger partial charge in [-0.25, -0.2) is 0 Å². The molecule has 0 amide bonds. The molecule has 0 N–H and O–H groups in total. The Hall–Kier alpha value is -0.255. The van der Waals surface area contributed by atoms with Crippen LogP contribution in [0, 0.1) is 17.8 Å². The second kappa shape index (κ2) is 8.82. The summed E-state index contributed by atoms with van der Waals surface area (Å²) < 4.78 is 40.2. The number of nitrogens with zero attached hydrogens (tertiary/aromatic N) is 1. The summed E-state index contributed by atoms with van der Waals surface area (Å²) in [6, 6.07) is 0. The van der Waals surface area contributed by atoms with E-state index < -0.39 is 7.25 Å². The van der Waals surface area contributed by atoms with Crippen LogP contribution >= 0.6 is 0 Å². The average molecular weight is 287 g/mol. The first-order valence-corrected chi connectivity index (χ1v) is 6.96. The van der Waals surface area contributed by atoms with E-state index >= 15 is 0 Å². The van der Waals surface area contributed by atoms with Crippen LogP contribution < -0.4 is 0 Å². The van der Waals surface area contributed by atoms with Crippen molar-refractivity contribution in [2.24, 2.45) is 17.8 Å². The maximum absolute atomic E-state index is 9.75. The Labute approximate surface area is 116 Å². The standard InChI is InChI=1S/C13H30N.BF4/c1-11(2)8-14(7,9-12(3)4)10-13(5)6;2-1(3,4)5/h11-13H,8-10H2,1-7H3;/q+1;-1. The lowest BCUT2D eigenvalue weighted by molar-refractivity contribution is -0.917. The summed E-state index contributed by atoms with van der Waals surface area (Å²) in [6.45, 7) is 17.9. The molecule has 0 radical (unpaired) electrons. The number of rotatable bonds is 6. The zero-order valence-electron chi connectivity index (χ0n) is 13.4. The van der Waals surface area contributed by atoms with Crippen molar-refractivity contribution in [1.29, 1.82) is 0 Å². The molecule has 0 fully saturated rings. The molecule has 0 aliphatic rings. The molecule has 0 aliphatic carbocycles. The summed E-state index contributed by atoms with van der Waals surface area (Å²) in [6.07, 6.45) is 0. The van der Waals surface area contributed by atoms with Crippen LogP contribution in [0.1, 0.15) is 41.5 Å². The molecule has 6 heteroatoms. The maximum Gasteiger partial charge on any atom is 0.673 e. The smallest absolute Gasteiger partial charge is 0.418 e.